The van der Waals surface area contributed by atoms with Crippen molar-refractivity contribution in [3.63, 3.8) is 0 Å². The van der Waals surface area contributed by atoms with Crippen LogP contribution in [0.3, 0.4) is 0 Å². The Balaban J connectivity index is 0. The number of halogens is 1. The number of hydrogen-bond acceptors (Lipinski definition) is 12. The molecule has 0 aliphatic carbocycles. The van der Waals surface area contributed by atoms with Gasteiger partial charge in [-0.3, -0.25) is 43.0 Å². The number of aromatic amines is 2. The molecule has 0 aliphatic heterocycles. The third-order valence-electron chi connectivity index (χ3n) is 6.28. The second-order valence-corrected chi connectivity index (χ2v) is 11.9. The van der Waals surface area contributed by atoms with E-state index in [2.05, 4.69) is 47.7 Å². The van der Waals surface area contributed by atoms with E-state index < -0.39 is 33.7 Å². The molecule has 3 heterocycles. The van der Waals surface area contributed by atoms with Crippen LogP contribution >= 0.6 is 15.9 Å². The van der Waals surface area contributed by atoms with Gasteiger partial charge in [0.2, 0.25) is 6.41 Å². The van der Waals surface area contributed by atoms with Gasteiger partial charge in [0.05, 0.1) is 24.6 Å². The molecule has 0 aliphatic rings. The average Bonchev–Trinajstić information content (AvgIpc) is 3.12. The summed E-state index contributed by atoms with van der Waals surface area (Å²) < 4.78 is 14.8. The van der Waals surface area contributed by atoms with E-state index in [1.807, 2.05) is 40.0 Å². The van der Waals surface area contributed by atoms with E-state index in [0.717, 1.165) is 4.57 Å². The summed E-state index contributed by atoms with van der Waals surface area (Å²) in [7, 11) is 14.2. The number of nitrogens with zero attached hydrogens (tertiary/aromatic N) is 9. The molecule has 20 nitrogen and oxygen atoms in total. The Morgan fingerprint density at radius 2 is 1.18 bits per heavy atom. The molecule has 0 amide bonds. The number of hydrogen-bond donors (Lipinski definition) is 3. The Morgan fingerprint density at radius 1 is 0.750 bits per heavy atom. The molecule has 56 heavy (non-hydrogen) atoms. The summed E-state index contributed by atoms with van der Waals surface area (Å²) in [6.45, 7) is 6.71. The van der Waals surface area contributed by atoms with Gasteiger partial charge in [-0.1, -0.05) is 27.8 Å². The largest absolute Gasteiger partial charge is 0.385 e. The van der Waals surface area contributed by atoms with Crippen molar-refractivity contribution in [3.8, 4) is 24.7 Å². The summed E-state index contributed by atoms with van der Waals surface area (Å²) in [6.07, 6.45) is 12.7. The fourth-order valence-corrected chi connectivity index (χ4v) is 3.90. The Kier molecular flexibility index (Phi) is 26.8. The number of ether oxygens (including phenoxy) is 2. The topological polar surface area (TPSA) is 233 Å². The molecule has 0 radical (unpaired) electrons. The molecule has 0 aromatic carbocycles. The number of nitrogen functional groups attached to an aromatic ring is 1. The predicted octanol–water partition coefficient (Wildman–Crippen LogP) is -0.0600. The van der Waals surface area contributed by atoms with Crippen LogP contribution in [0.4, 0.5) is 17.5 Å². The molecule has 3 aromatic rings. The lowest BCUT2D eigenvalue weighted by atomic mass is 10.5. The Hall–Kier alpha value is -5.74. The maximum atomic E-state index is 12.0. The normalized spacial score (nSPS) is 10.2. The van der Waals surface area contributed by atoms with E-state index in [-0.39, 0.29) is 18.8 Å². The van der Waals surface area contributed by atoms with Crippen LogP contribution < -0.4 is 39.5 Å². The van der Waals surface area contributed by atoms with Gasteiger partial charge in [-0.2, -0.15) is 0 Å². The highest BCUT2D eigenvalue weighted by atomic mass is 79.9. The number of aromatic nitrogens is 6. The lowest BCUT2D eigenvalue weighted by Crippen LogP contribution is -2.38. The quantitative estimate of drug-likeness (QED) is 0.0758. The minimum absolute atomic E-state index is 0.0324. The Bertz CT molecular complexity index is 2120. The van der Waals surface area contributed by atoms with Crippen molar-refractivity contribution in [3.05, 3.63) is 80.7 Å². The first kappa shape index (κ1) is 52.4. The number of alkyl halides is 1. The number of nitrogens with one attached hydrogen (secondary N) is 2. The maximum absolute atomic E-state index is 12.0. The molecule has 0 unspecified atom stereocenters. The van der Waals surface area contributed by atoms with Gasteiger partial charge in [-0.15, -0.1) is 12.8 Å². The second-order valence-electron chi connectivity index (χ2n) is 11.3. The molecule has 3 rings (SSSR count). The average molecular weight is 852 g/mol. The Morgan fingerprint density at radius 3 is 1.52 bits per heavy atom. The first-order chi connectivity index (χ1) is 26.3. The molecular weight excluding hydrogens is 796 g/mol. The highest BCUT2D eigenvalue weighted by molar-refractivity contribution is 9.09. The molecule has 0 saturated heterocycles. The SMILES string of the molecule is C#CCBr.C#CCn1c(=O)cc(N=CN(C)C)n(CC)c1=O.CCn1c(N)cc(=O)[nH]c1=O.CCn1c(N=CN(C)C)cc(=O)[nH]c1=O.COC(OC)N(C)C. The first-order valence-corrected chi connectivity index (χ1v) is 17.8. The van der Waals surface area contributed by atoms with Crippen LogP contribution in [0.1, 0.15) is 20.8 Å². The molecule has 0 spiro atoms. The van der Waals surface area contributed by atoms with Crippen LogP contribution in [0.25, 0.3) is 0 Å². The summed E-state index contributed by atoms with van der Waals surface area (Å²) >= 11 is 3.01. The lowest BCUT2D eigenvalue weighted by Gasteiger charge is -2.19. The van der Waals surface area contributed by atoms with Crippen LogP contribution in [-0.2, 0) is 35.7 Å². The van der Waals surface area contributed by atoms with Crippen molar-refractivity contribution >= 4 is 46.1 Å². The van der Waals surface area contributed by atoms with E-state index >= 15 is 0 Å². The minimum atomic E-state index is -0.461. The van der Waals surface area contributed by atoms with Crippen molar-refractivity contribution in [1.29, 1.82) is 0 Å². The number of nitrogens with two attached hydrogens (primary N) is 1. The highest BCUT2D eigenvalue weighted by Gasteiger charge is 2.09. The highest BCUT2D eigenvalue weighted by Crippen LogP contribution is 2.05. The number of methoxy groups -OCH3 is 2. The number of anilines is 1. The van der Waals surface area contributed by atoms with Crippen LogP contribution in [0.5, 0.6) is 0 Å². The Labute approximate surface area is 334 Å². The van der Waals surface area contributed by atoms with Gasteiger partial charge in [0, 0.05) is 80.2 Å². The van der Waals surface area contributed by atoms with Crippen LogP contribution in [0.2, 0.25) is 0 Å². The number of aliphatic imine (C=N–C) groups is 2. The molecule has 21 heteroatoms. The zero-order valence-electron chi connectivity index (χ0n) is 33.9. The number of H-pyrrole nitrogens is 2. The van der Waals surface area contributed by atoms with Crippen molar-refractivity contribution < 1.29 is 9.47 Å². The molecule has 4 N–H and O–H groups in total. The third-order valence-corrected chi connectivity index (χ3v) is 6.60. The fourth-order valence-electron chi connectivity index (χ4n) is 3.90. The standard InChI is InChI=1S/C12H16N4O2.C9H14N4O2.C6H9N3O2.C5H13NO2.C3H3Br/c1-5-7-16-11(17)8-10(13-9-14(3)4)15(6-2)12(16)18;1-4-13-7(10-6-12(2)3)5-8(14)11-9(13)15;1-2-9-4(7)3-5(10)8-6(9)11;1-6(2)5(7-3)8-4;1-2-3-4/h1,8-9H,6-7H2,2-4H3;5-6H,4H2,1-3H3,(H,11,14,15);3H,2,7H2,1H3,(H,8,10,11);5H,1-4H3;1H,3H2. The van der Waals surface area contributed by atoms with Crippen molar-refractivity contribution in [2.75, 3.05) is 67.6 Å². The molecule has 0 fully saturated rings. The number of terminal acetylenes is 2. The maximum Gasteiger partial charge on any atom is 0.333 e. The summed E-state index contributed by atoms with van der Waals surface area (Å²) in [5.74, 6) is 5.52. The van der Waals surface area contributed by atoms with E-state index in [9.17, 15) is 28.8 Å². The molecule has 0 saturated carbocycles. The summed E-state index contributed by atoms with van der Waals surface area (Å²) in [6, 6.07) is 3.79. The van der Waals surface area contributed by atoms with Gasteiger partial charge in [-0.05, 0) is 34.9 Å². The van der Waals surface area contributed by atoms with Gasteiger partial charge < -0.3 is 25.0 Å². The van der Waals surface area contributed by atoms with Gasteiger partial charge in [-0.25, -0.2) is 28.9 Å². The first-order valence-electron chi connectivity index (χ1n) is 16.7. The summed E-state index contributed by atoms with van der Waals surface area (Å²) in [5.41, 5.74) is 2.71. The minimum Gasteiger partial charge on any atom is -0.385 e. The van der Waals surface area contributed by atoms with Crippen LogP contribution in [0, 0.1) is 24.7 Å². The zero-order chi connectivity index (χ0) is 43.5. The fraction of sp³-hybridized carbons (Fsp3) is 0.486. The van der Waals surface area contributed by atoms with E-state index in [0.29, 0.717) is 36.6 Å². The van der Waals surface area contributed by atoms with Crippen molar-refractivity contribution in [2.45, 2.75) is 53.4 Å². The van der Waals surface area contributed by atoms with Crippen LogP contribution in [-0.4, -0.2) is 124 Å². The monoisotopic (exact) mass is 850 g/mol. The van der Waals surface area contributed by atoms with Crippen molar-refractivity contribution in [1.82, 2.24) is 42.9 Å². The summed E-state index contributed by atoms with van der Waals surface area (Å²) in [5, 5.41) is 0.660. The van der Waals surface area contributed by atoms with Crippen LogP contribution in [0.15, 0.2) is 57.0 Å². The smallest absolute Gasteiger partial charge is 0.333 e. The molecule has 0 bridgehead atoms. The predicted molar refractivity (Wildman–Crippen MR) is 226 cm³/mol. The van der Waals surface area contributed by atoms with E-state index in [1.165, 1.54) is 38.2 Å². The van der Waals surface area contributed by atoms with Gasteiger partial charge in [0.15, 0.2) is 0 Å². The zero-order valence-corrected chi connectivity index (χ0v) is 35.5. The van der Waals surface area contributed by atoms with E-state index in [1.54, 1.807) is 58.3 Å². The lowest BCUT2D eigenvalue weighted by molar-refractivity contribution is -0.179. The molecule has 0 atom stereocenters. The molecular formula is C35H55BrN12O8. The van der Waals surface area contributed by atoms with E-state index in [4.69, 9.17) is 28.1 Å². The number of rotatable bonds is 11. The molecule has 310 valence electrons. The van der Waals surface area contributed by atoms with Crippen molar-refractivity contribution in [2.24, 2.45) is 9.98 Å². The molecule has 3 aromatic heterocycles. The summed E-state index contributed by atoms with van der Waals surface area (Å²) in [4.78, 5) is 85.4. The van der Waals surface area contributed by atoms with Gasteiger partial charge in [0.25, 0.3) is 16.7 Å². The second kappa shape index (κ2) is 28.7. The third kappa shape index (κ3) is 19.5. The van der Waals surface area contributed by atoms with Gasteiger partial charge in [0.1, 0.15) is 17.5 Å². The van der Waals surface area contributed by atoms with Gasteiger partial charge >= 0.3 is 17.1 Å².